The van der Waals surface area contributed by atoms with Crippen LogP contribution in [0.3, 0.4) is 0 Å². The van der Waals surface area contributed by atoms with Crippen LogP contribution in [0.4, 0.5) is 11.4 Å². The summed E-state index contributed by atoms with van der Waals surface area (Å²) in [6.45, 7) is -0.0872. The number of carbonyl (C=O) groups is 1. The minimum absolute atomic E-state index is 0.00810. The van der Waals surface area contributed by atoms with Crippen LogP contribution in [0.1, 0.15) is 0 Å². The lowest BCUT2D eigenvalue weighted by Gasteiger charge is -2.21. The topological polar surface area (TPSA) is 119 Å². The second-order valence-corrected chi connectivity index (χ2v) is 5.61. The van der Waals surface area contributed by atoms with Gasteiger partial charge < -0.3 is 16.4 Å². The molecule has 1 aromatic carbocycles. The Labute approximate surface area is 106 Å². The molecule has 18 heavy (non-hydrogen) atoms. The SMILES string of the molecule is CNS(=O)(=O)c1cc(N)ccc1N(C)CC(N)=O. The van der Waals surface area contributed by atoms with Gasteiger partial charge in [-0.05, 0) is 25.2 Å². The molecule has 0 saturated heterocycles. The van der Waals surface area contributed by atoms with Gasteiger partial charge in [0.15, 0.2) is 0 Å². The van der Waals surface area contributed by atoms with E-state index in [0.29, 0.717) is 11.4 Å². The molecular weight excluding hydrogens is 256 g/mol. The number of primary amides is 1. The number of carbonyl (C=O) groups excluding carboxylic acids is 1. The van der Waals surface area contributed by atoms with Crippen molar-refractivity contribution in [3.63, 3.8) is 0 Å². The molecule has 0 spiro atoms. The molecule has 1 rings (SSSR count). The number of rotatable bonds is 5. The summed E-state index contributed by atoms with van der Waals surface area (Å²) in [4.78, 5) is 12.3. The van der Waals surface area contributed by atoms with E-state index in [2.05, 4.69) is 4.72 Å². The number of benzene rings is 1. The minimum atomic E-state index is -3.66. The molecule has 5 N–H and O–H groups in total. The van der Waals surface area contributed by atoms with Gasteiger partial charge in [0.25, 0.3) is 0 Å². The lowest BCUT2D eigenvalue weighted by molar-refractivity contribution is -0.116. The van der Waals surface area contributed by atoms with Gasteiger partial charge >= 0.3 is 0 Å². The number of nitrogens with one attached hydrogen (secondary N) is 1. The van der Waals surface area contributed by atoms with Crippen LogP contribution in [-0.4, -0.2) is 35.0 Å². The van der Waals surface area contributed by atoms with Crippen molar-refractivity contribution in [1.29, 1.82) is 0 Å². The monoisotopic (exact) mass is 272 g/mol. The van der Waals surface area contributed by atoms with Crippen LogP contribution in [0.15, 0.2) is 23.1 Å². The molecular formula is C10H16N4O3S. The number of hydrogen-bond donors (Lipinski definition) is 3. The Balaban J connectivity index is 3.32. The van der Waals surface area contributed by atoms with Crippen molar-refractivity contribution in [1.82, 2.24) is 4.72 Å². The summed E-state index contributed by atoms with van der Waals surface area (Å²) in [6, 6.07) is 4.42. The number of nitrogens with two attached hydrogens (primary N) is 2. The maximum Gasteiger partial charge on any atom is 0.242 e. The first-order valence-electron chi connectivity index (χ1n) is 5.10. The van der Waals surface area contributed by atoms with Crippen molar-refractivity contribution in [2.24, 2.45) is 5.73 Å². The van der Waals surface area contributed by atoms with Crippen molar-refractivity contribution < 1.29 is 13.2 Å². The number of hydrogen-bond acceptors (Lipinski definition) is 5. The van der Waals surface area contributed by atoms with Gasteiger partial charge in [-0.3, -0.25) is 4.79 Å². The highest BCUT2D eigenvalue weighted by Gasteiger charge is 2.20. The van der Waals surface area contributed by atoms with Crippen LogP contribution in [0, 0.1) is 0 Å². The molecule has 7 nitrogen and oxygen atoms in total. The van der Waals surface area contributed by atoms with Crippen LogP contribution in [0.25, 0.3) is 0 Å². The molecule has 0 radical (unpaired) electrons. The highest BCUT2D eigenvalue weighted by molar-refractivity contribution is 7.89. The summed E-state index contributed by atoms with van der Waals surface area (Å²) in [5.74, 6) is -0.554. The molecule has 0 unspecified atom stereocenters. The average Bonchev–Trinajstić information content (AvgIpc) is 2.27. The van der Waals surface area contributed by atoms with E-state index >= 15 is 0 Å². The summed E-state index contributed by atoms with van der Waals surface area (Å²) < 4.78 is 25.9. The van der Waals surface area contributed by atoms with Crippen molar-refractivity contribution in [3.8, 4) is 0 Å². The van der Waals surface area contributed by atoms with Gasteiger partial charge in [0.1, 0.15) is 4.90 Å². The smallest absolute Gasteiger partial charge is 0.242 e. The van der Waals surface area contributed by atoms with Gasteiger partial charge in [-0.1, -0.05) is 0 Å². The molecule has 0 aromatic heterocycles. The van der Waals surface area contributed by atoms with Crippen LogP contribution >= 0.6 is 0 Å². The van der Waals surface area contributed by atoms with Crippen molar-refractivity contribution in [2.45, 2.75) is 4.90 Å². The van der Waals surface area contributed by atoms with E-state index in [1.54, 1.807) is 13.1 Å². The Morgan fingerprint density at radius 1 is 1.44 bits per heavy atom. The Hall–Kier alpha value is -1.80. The number of likely N-dealkylation sites (N-methyl/N-ethyl adjacent to an activating group) is 1. The van der Waals surface area contributed by atoms with Gasteiger partial charge in [-0.25, -0.2) is 13.1 Å². The second kappa shape index (κ2) is 5.23. The Bertz CT molecular complexity index is 556. The highest BCUT2D eigenvalue weighted by atomic mass is 32.2. The molecule has 0 aliphatic heterocycles. The molecule has 0 saturated carbocycles. The van der Waals surface area contributed by atoms with Crippen molar-refractivity contribution >= 4 is 27.3 Å². The van der Waals surface area contributed by atoms with E-state index in [1.807, 2.05) is 0 Å². The predicted octanol–water partition coefficient (Wildman–Crippen LogP) is -0.902. The van der Waals surface area contributed by atoms with E-state index in [4.69, 9.17) is 11.5 Å². The molecule has 1 amide bonds. The van der Waals surface area contributed by atoms with E-state index in [9.17, 15) is 13.2 Å². The Kier molecular flexibility index (Phi) is 4.15. The van der Waals surface area contributed by atoms with E-state index in [1.165, 1.54) is 24.1 Å². The third-order valence-corrected chi connectivity index (χ3v) is 3.79. The van der Waals surface area contributed by atoms with Crippen LogP contribution in [0.5, 0.6) is 0 Å². The molecule has 0 bridgehead atoms. The molecule has 0 atom stereocenters. The van der Waals surface area contributed by atoms with E-state index in [0.717, 1.165) is 0 Å². The number of anilines is 2. The molecule has 0 aliphatic carbocycles. The third-order valence-electron chi connectivity index (χ3n) is 2.35. The van der Waals surface area contributed by atoms with Gasteiger partial charge in [-0.15, -0.1) is 0 Å². The molecule has 0 heterocycles. The zero-order valence-corrected chi connectivity index (χ0v) is 11.0. The quantitative estimate of drug-likeness (QED) is 0.600. The van der Waals surface area contributed by atoms with Gasteiger partial charge in [0.2, 0.25) is 15.9 Å². The Morgan fingerprint density at radius 3 is 2.56 bits per heavy atom. The van der Waals surface area contributed by atoms with E-state index < -0.39 is 15.9 Å². The number of amides is 1. The fourth-order valence-electron chi connectivity index (χ4n) is 1.49. The minimum Gasteiger partial charge on any atom is -0.399 e. The van der Waals surface area contributed by atoms with Crippen LogP contribution < -0.4 is 21.1 Å². The fourth-order valence-corrected chi connectivity index (χ4v) is 2.50. The molecule has 100 valence electrons. The highest BCUT2D eigenvalue weighted by Crippen LogP contribution is 2.26. The first-order valence-corrected chi connectivity index (χ1v) is 6.58. The molecule has 8 heteroatoms. The van der Waals surface area contributed by atoms with Gasteiger partial charge in [0.05, 0.1) is 12.2 Å². The molecule has 0 aliphatic rings. The zero-order chi connectivity index (χ0) is 13.9. The first kappa shape index (κ1) is 14.3. The number of nitrogens with zero attached hydrogens (tertiary/aromatic N) is 1. The number of nitrogen functional groups attached to an aromatic ring is 1. The third kappa shape index (κ3) is 3.11. The lowest BCUT2D eigenvalue weighted by Crippen LogP contribution is -2.32. The normalized spacial score (nSPS) is 11.2. The summed E-state index contributed by atoms with van der Waals surface area (Å²) in [5, 5.41) is 0. The fraction of sp³-hybridized carbons (Fsp3) is 0.300. The van der Waals surface area contributed by atoms with Gasteiger partial charge in [-0.2, -0.15) is 0 Å². The predicted molar refractivity (Wildman–Crippen MR) is 69.6 cm³/mol. The summed E-state index contributed by atoms with van der Waals surface area (Å²) in [7, 11) is -0.780. The first-order chi connectivity index (χ1) is 8.27. The maximum absolute atomic E-state index is 11.9. The molecule has 1 aromatic rings. The van der Waals surface area contributed by atoms with Crippen LogP contribution in [-0.2, 0) is 14.8 Å². The lowest BCUT2D eigenvalue weighted by atomic mass is 10.2. The summed E-state index contributed by atoms with van der Waals surface area (Å²) >= 11 is 0. The average molecular weight is 272 g/mol. The second-order valence-electron chi connectivity index (χ2n) is 3.76. The maximum atomic E-state index is 11.9. The summed E-state index contributed by atoms with van der Waals surface area (Å²) in [6.07, 6.45) is 0. The summed E-state index contributed by atoms with van der Waals surface area (Å²) in [5.41, 5.74) is 11.3. The zero-order valence-electron chi connectivity index (χ0n) is 10.2. The van der Waals surface area contributed by atoms with E-state index in [-0.39, 0.29) is 11.4 Å². The van der Waals surface area contributed by atoms with Crippen LogP contribution in [0.2, 0.25) is 0 Å². The van der Waals surface area contributed by atoms with Gasteiger partial charge in [0, 0.05) is 12.7 Å². The van der Waals surface area contributed by atoms with Crippen molar-refractivity contribution in [3.05, 3.63) is 18.2 Å². The standard InChI is InChI=1S/C10H16N4O3S/c1-13-18(16,17)9-5-7(11)3-4-8(9)14(2)6-10(12)15/h3-5,13H,6,11H2,1-2H3,(H2,12,15). The number of sulfonamides is 1. The van der Waals surface area contributed by atoms with Crippen molar-refractivity contribution in [2.75, 3.05) is 31.3 Å². The molecule has 0 fully saturated rings. The Morgan fingerprint density at radius 2 is 2.06 bits per heavy atom. The largest absolute Gasteiger partial charge is 0.399 e.